The fraction of sp³-hybridized carbons (Fsp3) is 0.462. The van der Waals surface area contributed by atoms with Crippen LogP contribution in [0.25, 0.3) is 0 Å². The summed E-state index contributed by atoms with van der Waals surface area (Å²) in [6.45, 7) is 2.70. The van der Waals surface area contributed by atoms with E-state index in [0.29, 0.717) is 17.2 Å². The molecule has 1 aromatic carbocycles. The third-order valence-corrected chi connectivity index (χ3v) is 3.00. The smallest absolute Gasteiger partial charge is 0.252 e. The Morgan fingerprint density at radius 3 is 2.78 bits per heavy atom. The van der Waals surface area contributed by atoms with E-state index in [1.165, 1.54) is 0 Å². The summed E-state index contributed by atoms with van der Waals surface area (Å²) in [5.41, 5.74) is 1.33. The van der Waals surface area contributed by atoms with Gasteiger partial charge in [-0.15, -0.1) is 0 Å². The molecule has 0 radical (unpaired) electrons. The molecular weight excluding hydrogens is 252 g/mol. The normalized spacial score (nSPS) is 12.0. The van der Waals surface area contributed by atoms with Crippen LogP contribution in [0.4, 0.5) is 5.69 Å². The molecule has 4 nitrogen and oxygen atoms in total. The Labute approximate surface area is 113 Å². The number of hydrogen-bond acceptors (Lipinski definition) is 3. The Bertz CT molecular complexity index is 410. The lowest BCUT2D eigenvalue weighted by Crippen LogP contribution is -2.24. The average molecular weight is 271 g/mol. The van der Waals surface area contributed by atoms with Crippen LogP contribution < -0.4 is 10.6 Å². The van der Waals surface area contributed by atoms with Gasteiger partial charge in [0.05, 0.1) is 17.2 Å². The molecule has 0 saturated carbocycles. The van der Waals surface area contributed by atoms with Crippen molar-refractivity contribution >= 4 is 23.2 Å². The number of carbonyl (C=O) groups excluding carboxylic acids is 1. The second-order valence-electron chi connectivity index (χ2n) is 3.98. The Balaban J connectivity index is 2.87. The molecule has 100 valence electrons. The molecular formula is C13H19ClN2O2. The summed E-state index contributed by atoms with van der Waals surface area (Å²) in [5, 5.41) is 6.32. The van der Waals surface area contributed by atoms with Crippen LogP contribution in [0.1, 0.15) is 23.7 Å². The number of methoxy groups -OCH3 is 1. The second kappa shape index (κ2) is 7.24. The van der Waals surface area contributed by atoms with E-state index in [1.807, 2.05) is 6.07 Å². The fourth-order valence-corrected chi connectivity index (χ4v) is 1.83. The highest BCUT2D eigenvalue weighted by atomic mass is 35.5. The van der Waals surface area contributed by atoms with Crippen LogP contribution >= 0.6 is 11.6 Å². The standard InChI is InChI=1S/C13H19ClN2O2/c1-4-9(8-18-3)16-10-5-6-12(14)11(7-10)13(17)15-2/h5-7,9,16H,4,8H2,1-3H3,(H,15,17). The molecule has 1 aromatic rings. The zero-order chi connectivity index (χ0) is 13.5. The van der Waals surface area contributed by atoms with Crippen molar-refractivity contribution in [2.75, 3.05) is 26.1 Å². The van der Waals surface area contributed by atoms with E-state index < -0.39 is 0 Å². The Kier molecular flexibility index (Phi) is 5.95. The van der Waals surface area contributed by atoms with Crippen LogP contribution in [-0.2, 0) is 4.74 Å². The fourth-order valence-electron chi connectivity index (χ4n) is 1.62. The minimum atomic E-state index is -0.191. The van der Waals surface area contributed by atoms with Crippen molar-refractivity contribution in [3.8, 4) is 0 Å². The van der Waals surface area contributed by atoms with E-state index >= 15 is 0 Å². The van der Waals surface area contributed by atoms with E-state index in [2.05, 4.69) is 17.6 Å². The first-order valence-electron chi connectivity index (χ1n) is 5.89. The van der Waals surface area contributed by atoms with Crippen LogP contribution in [0.15, 0.2) is 18.2 Å². The van der Waals surface area contributed by atoms with Gasteiger partial charge in [-0.3, -0.25) is 4.79 Å². The topological polar surface area (TPSA) is 50.4 Å². The van der Waals surface area contributed by atoms with Crippen molar-refractivity contribution in [3.63, 3.8) is 0 Å². The Hall–Kier alpha value is -1.26. The lowest BCUT2D eigenvalue weighted by atomic mass is 10.1. The quantitative estimate of drug-likeness (QED) is 0.835. The first-order valence-corrected chi connectivity index (χ1v) is 6.27. The van der Waals surface area contributed by atoms with Crippen LogP contribution in [0.3, 0.4) is 0 Å². The van der Waals surface area contributed by atoms with E-state index in [1.54, 1.807) is 26.3 Å². The Morgan fingerprint density at radius 1 is 1.50 bits per heavy atom. The van der Waals surface area contributed by atoms with E-state index in [-0.39, 0.29) is 11.9 Å². The molecule has 1 atom stereocenters. The summed E-state index contributed by atoms with van der Waals surface area (Å²) >= 11 is 5.99. The highest BCUT2D eigenvalue weighted by Gasteiger charge is 2.11. The van der Waals surface area contributed by atoms with Gasteiger partial charge in [0.1, 0.15) is 0 Å². The number of rotatable bonds is 6. The van der Waals surface area contributed by atoms with Crippen LogP contribution in [-0.4, -0.2) is 32.7 Å². The molecule has 0 aliphatic carbocycles. The van der Waals surface area contributed by atoms with E-state index in [9.17, 15) is 4.79 Å². The van der Waals surface area contributed by atoms with Gasteiger partial charge in [0, 0.05) is 25.9 Å². The average Bonchev–Trinajstić information content (AvgIpc) is 2.39. The molecule has 0 fully saturated rings. The zero-order valence-corrected chi connectivity index (χ0v) is 11.7. The summed E-state index contributed by atoms with van der Waals surface area (Å²) in [4.78, 5) is 11.6. The molecule has 1 rings (SSSR count). The van der Waals surface area contributed by atoms with Gasteiger partial charge in [-0.1, -0.05) is 18.5 Å². The number of ether oxygens (including phenoxy) is 1. The number of amides is 1. The zero-order valence-electron chi connectivity index (χ0n) is 10.9. The highest BCUT2D eigenvalue weighted by molar-refractivity contribution is 6.34. The Morgan fingerprint density at radius 2 is 2.22 bits per heavy atom. The number of benzene rings is 1. The van der Waals surface area contributed by atoms with Crippen molar-refractivity contribution in [1.29, 1.82) is 0 Å². The molecule has 0 heterocycles. The number of anilines is 1. The SMILES string of the molecule is CCC(COC)Nc1ccc(Cl)c(C(=O)NC)c1. The van der Waals surface area contributed by atoms with Crippen molar-refractivity contribution < 1.29 is 9.53 Å². The minimum Gasteiger partial charge on any atom is -0.383 e. The van der Waals surface area contributed by atoms with E-state index in [4.69, 9.17) is 16.3 Å². The van der Waals surface area contributed by atoms with Crippen molar-refractivity contribution in [2.45, 2.75) is 19.4 Å². The number of halogens is 1. The summed E-state index contributed by atoms with van der Waals surface area (Å²) < 4.78 is 5.12. The molecule has 0 bridgehead atoms. The van der Waals surface area contributed by atoms with Gasteiger partial charge >= 0.3 is 0 Å². The van der Waals surface area contributed by atoms with Crippen LogP contribution in [0.5, 0.6) is 0 Å². The number of carbonyl (C=O) groups is 1. The molecule has 0 saturated heterocycles. The van der Waals surface area contributed by atoms with Gasteiger partial charge in [0.25, 0.3) is 5.91 Å². The maximum absolute atomic E-state index is 11.6. The van der Waals surface area contributed by atoms with Gasteiger partial charge in [0.2, 0.25) is 0 Å². The summed E-state index contributed by atoms with van der Waals surface area (Å²) in [5.74, 6) is -0.191. The third kappa shape index (κ3) is 3.89. The molecule has 0 spiro atoms. The largest absolute Gasteiger partial charge is 0.383 e. The van der Waals surface area contributed by atoms with Crippen molar-refractivity contribution in [1.82, 2.24) is 5.32 Å². The number of nitrogens with one attached hydrogen (secondary N) is 2. The lowest BCUT2D eigenvalue weighted by molar-refractivity contribution is 0.0963. The van der Waals surface area contributed by atoms with Gasteiger partial charge in [0.15, 0.2) is 0 Å². The van der Waals surface area contributed by atoms with Gasteiger partial charge in [-0.25, -0.2) is 0 Å². The molecule has 0 aromatic heterocycles. The minimum absolute atomic E-state index is 0.191. The first kappa shape index (κ1) is 14.8. The molecule has 1 amide bonds. The van der Waals surface area contributed by atoms with Crippen LogP contribution in [0, 0.1) is 0 Å². The van der Waals surface area contributed by atoms with Crippen molar-refractivity contribution in [2.24, 2.45) is 0 Å². The first-order chi connectivity index (χ1) is 8.62. The maximum atomic E-state index is 11.6. The molecule has 0 aliphatic rings. The van der Waals surface area contributed by atoms with Gasteiger partial charge in [-0.2, -0.15) is 0 Å². The monoisotopic (exact) mass is 270 g/mol. The number of hydrogen-bond donors (Lipinski definition) is 2. The van der Waals surface area contributed by atoms with Crippen LogP contribution in [0.2, 0.25) is 5.02 Å². The molecule has 18 heavy (non-hydrogen) atoms. The van der Waals surface area contributed by atoms with Gasteiger partial charge < -0.3 is 15.4 Å². The predicted octanol–water partition coefficient (Wildman–Crippen LogP) is 2.54. The third-order valence-electron chi connectivity index (χ3n) is 2.67. The molecule has 1 unspecified atom stereocenters. The summed E-state index contributed by atoms with van der Waals surface area (Å²) in [7, 11) is 3.25. The summed E-state index contributed by atoms with van der Waals surface area (Å²) in [6.07, 6.45) is 0.936. The van der Waals surface area contributed by atoms with Gasteiger partial charge in [-0.05, 0) is 24.6 Å². The summed E-state index contributed by atoms with van der Waals surface area (Å²) in [6, 6.07) is 5.54. The highest BCUT2D eigenvalue weighted by Crippen LogP contribution is 2.21. The second-order valence-corrected chi connectivity index (χ2v) is 4.39. The molecule has 5 heteroatoms. The predicted molar refractivity (Wildman–Crippen MR) is 74.4 cm³/mol. The maximum Gasteiger partial charge on any atom is 0.252 e. The lowest BCUT2D eigenvalue weighted by Gasteiger charge is -2.18. The molecule has 0 aliphatic heterocycles. The molecule has 2 N–H and O–H groups in total. The van der Waals surface area contributed by atoms with E-state index in [0.717, 1.165) is 12.1 Å². The van der Waals surface area contributed by atoms with Crippen molar-refractivity contribution in [3.05, 3.63) is 28.8 Å².